The number of benzene rings is 1. The topological polar surface area (TPSA) is 46.6 Å². The van der Waals surface area contributed by atoms with E-state index < -0.39 is 10.0 Å². The summed E-state index contributed by atoms with van der Waals surface area (Å²) in [5.41, 5.74) is 0.813. The molecule has 0 bridgehead atoms. The molecule has 1 aliphatic heterocycles. The van der Waals surface area contributed by atoms with E-state index in [2.05, 4.69) is 0 Å². The molecule has 1 aromatic carbocycles. The molecule has 0 aliphatic carbocycles. The van der Waals surface area contributed by atoms with Gasteiger partial charge in [-0.05, 0) is 44.4 Å². The maximum Gasteiger partial charge on any atom is 0.246 e. The highest BCUT2D eigenvalue weighted by atomic mass is 35.5. The zero-order valence-corrected chi connectivity index (χ0v) is 13.4. The van der Waals surface area contributed by atoms with Gasteiger partial charge in [0.2, 0.25) is 10.0 Å². The molecule has 0 amide bonds. The number of hydrogen-bond acceptors (Lipinski definition) is 3. The van der Waals surface area contributed by atoms with Gasteiger partial charge in [-0.25, -0.2) is 8.42 Å². The van der Waals surface area contributed by atoms with Crippen molar-refractivity contribution >= 4 is 21.6 Å². The lowest BCUT2D eigenvalue weighted by Crippen LogP contribution is -2.35. The summed E-state index contributed by atoms with van der Waals surface area (Å²) in [5.74, 6) is 0.389. The van der Waals surface area contributed by atoms with Crippen molar-refractivity contribution < 1.29 is 13.2 Å². The number of nitrogens with zero attached hydrogens (tertiary/aromatic N) is 1. The van der Waals surface area contributed by atoms with Gasteiger partial charge >= 0.3 is 0 Å². The fourth-order valence-corrected chi connectivity index (χ4v) is 4.24. The molecular formula is C14H20ClNO3S. The zero-order chi connectivity index (χ0) is 14.8. The molecule has 0 radical (unpaired) electrons. The van der Waals surface area contributed by atoms with Gasteiger partial charge in [-0.2, -0.15) is 4.31 Å². The van der Waals surface area contributed by atoms with Crippen LogP contribution in [0.4, 0.5) is 0 Å². The van der Waals surface area contributed by atoms with Crippen LogP contribution >= 0.6 is 11.6 Å². The molecule has 2 rings (SSSR count). The largest absolute Gasteiger partial charge is 0.492 e. The molecule has 1 aliphatic rings. The van der Waals surface area contributed by atoms with Crippen molar-refractivity contribution in [3.05, 3.63) is 22.7 Å². The van der Waals surface area contributed by atoms with Gasteiger partial charge in [-0.15, -0.1) is 0 Å². The summed E-state index contributed by atoms with van der Waals surface area (Å²) < 4.78 is 32.5. The highest BCUT2D eigenvalue weighted by Crippen LogP contribution is 2.33. The third kappa shape index (κ3) is 3.10. The van der Waals surface area contributed by atoms with Crippen molar-refractivity contribution in [2.45, 2.75) is 38.0 Å². The van der Waals surface area contributed by atoms with E-state index in [1.54, 1.807) is 6.07 Å². The highest BCUT2D eigenvalue weighted by Gasteiger charge is 2.29. The molecule has 0 spiro atoms. The number of hydrogen-bond donors (Lipinski definition) is 0. The molecule has 1 heterocycles. The summed E-state index contributed by atoms with van der Waals surface area (Å²) >= 11 is 6.09. The number of aryl methyl sites for hydroxylation is 1. The van der Waals surface area contributed by atoms with Gasteiger partial charge in [0, 0.05) is 18.1 Å². The van der Waals surface area contributed by atoms with Gasteiger partial charge in [0.15, 0.2) is 0 Å². The Kier molecular flexibility index (Phi) is 4.94. The van der Waals surface area contributed by atoms with E-state index in [0.717, 1.165) is 24.8 Å². The van der Waals surface area contributed by atoms with E-state index in [1.165, 1.54) is 10.4 Å². The molecule has 0 aromatic heterocycles. The molecule has 4 nitrogen and oxygen atoms in total. The molecule has 1 aromatic rings. The van der Waals surface area contributed by atoms with Crippen LogP contribution < -0.4 is 4.74 Å². The molecule has 112 valence electrons. The molecule has 0 atom stereocenters. The van der Waals surface area contributed by atoms with E-state index in [1.807, 2.05) is 13.8 Å². The lowest BCUT2D eigenvalue weighted by molar-refractivity contribution is 0.322. The van der Waals surface area contributed by atoms with E-state index >= 15 is 0 Å². The minimum Gasteiger partial charge on any atom is -0.492 e. The van der Waals surface area contributed by atoms with Crippen LogP contribution in [-0.2, 0) is 10.0 Å². The van der Waals surface area contributed by atoms with Crippen molar-refractivity contribution in [2.24, 2.45) is 0 Å². The lowest BCUT2D eigenvalue weighted by Gasteiger charge is -2.27. The van der Waals surface area contributed by atoms with Crippen LogP contribution in [0.5, 0.6) is 5.75 Å². The van der Waals surface area contributed by atoms with Crippen molar-refractivity contribution in [3.8, 4) is 5.75 Å². The summed E-state index contributed by atoms with van der Waals surface area (Å²) in [6.45, 7) is 5.23. The number of ether oxygens (including phenoxy) is 1. The van der Waals surface area contributed by atoms with Crippen LogP contribution in [0.25, 0.3) is 0 Å². The van der Waals surface area contributed by atoms with Gasteiger partial charge < -0.3 is 4.74 Å². The molecule has 1 fully saturated rings. The van der Waals surface area contributed by atoms with Crippen LogP contribution in [0.1, 0.15) is 31.7 Å². The predicted molar refractivity (Wildman–Crippen MR) is 80.0 cm³/mol. The minimum absolute atomic E-state index is 0.178. The maximum absolute atomic E-state index is 12.7. The van der Waals surface area contributed by atoms with E-state index in [9.17, 15) is 8.42 Å². The van der Waals surface area contributed by atoms with Crippen LogP contribution in [0.3, 0.4) is 0 Å². The first kappa shape index (κ1) is 15.6. The van der Waals surface area contributed by atoms with Crippen molar-refractivity contribution in [3.63, 3.8) is 0 Å². The van der Waals surface area contributed by atoms with Crippen LogP contribution in [-0.4, -0.2) is 32.4 Å². The Labute approximate surface area is 125 Å². The number of halogens is 1. The molecule has 0 unspecified atom stereocenters. The molecule has 0 N–H and O–H groups in total. The normalized spacial score (nSPS) is 17.1. The second kappa shape index (κ2) is 6.33. The second-order valence-electron chi connectivity index (χ2n) is 4.95. The zero-order valence-electron chi connectivity index (χ0n) is 11.9. The first-order chi connectivity index (χ1) is 9.46. The van der Waals surface area contributed by atoms with Gasteiger partial charge in [0.05, 0.1) is 6.61 Å². The average Bonchev–Trinajstić information content (AvgIpc) is 2.43. The third-order valence-electron chi connectivity index (χ3n) is 3.46. The predicted octanol–water partition coefficient (Wildman–Crippen LogP) is 3.22. The fourth-order valence-electron chi connectivity index (χ4n) is 2.35. The minimum atomic E-state index is -3.53. The van der Waals surface area contributed by atoms with E-state index in [-0.39, 0.29) is 4.90 Å². The Morgan fingerprint density at radius 1 is 1.25 bits per heavy atom. The fraction of sp³-hybridized carbons (Fsp3) is 0.571. The monoisotopic (exact) mass is 317 g/mol. The van der Waals surface area contributed by atoms with Crippen molar-refractivity contribution in [1.29, 1.82) is 0 Å². The Morgan fingerprint density at radius 2 is 1.90 bits per heavy atom. The van der Waals surface area contributed by atoms with Gasteiger partial charge in [0.1, 0.15) is 10.6 Å². The molecular weight excluding hydrogens is 298 g/mol. The smallest absolute Gasteiger partial charge is 0.246 e. The van der Waals surface area contributed by atoms with E-state index in [4.69, 9.17) is 16.3 Å². The standard InChI is InChI=1S/C14H20ClNO3S/c1-3-19-13-9-11(2)12(15)10-14(13)20(17,18)16-7-5-4-6-8-16/h9-10H,3-8H2,1-2H3. The summed E-state index contributed by atoms with van der Waals surface area (Å²) in [6, 6.07) is 3.20. The lowest BCUT2D eigenvalue weighted by atomic mass is 10.2. The molecule has 6 heteroatoms. The van der Waals surface area contributed by atoms with Crippen molar-refractivity contribution in [1.82, 2.24) is 4.31 Å². The first-order valence-electron chi connectivity index (χ1n) is 6.90. The van der Waals surface area contributed by atoms with Crippen LogP contribution in [0.2, 0.25) is 5.02 Å². The Hall–Kier alpha value is -0.780. The highest BCUT2D eigenvalue weighted by molar-refractivity contribution is 7.89. The number of rotatable bonds is 4. The maximum atomic E-state index is 12.7. The summed E-state index contributed by atoms with van der Waals surface area (Å²) in [4.78, 5) is 0.178. The quantitative estimate of drug-likeness (QED) is 0.856. The second-order valence-corrected chi connectivity index (χ2v) is 7.26. The SMILES string of the molecule is CCOc1cc(C)c(Cl)cc1S(=O)(=O)N1CCCCC1. The number of piperidine rings is 1. The van der Waals surface area contributed by atoms with Gasteiger partial charge in [0.25, 0.3) is 0 Å². The van der Waals surface area contributed by atoms with Gasteiger partial charge in [-0.3, -0.25) is 0 Å². The molecule has 20 heavy (non-hydrogen) atoms. The van der Waals surface area contributed by atoms with Crippen molar-refractivity contribution in [2.75, 3.05) is 19.7 Å². The summed E-state index contributed by atoms with van der Waals surface area (Å²) in [5, 5.41) is 0.448. The van der Waals surface area contributed by atoms with Gasteiger partial charge in [-0.1, -0.05) is 18.0 Å². The third-order valence-corrected chi connectivity index (χ3v) is 5.78. The summed E-state index contributed by atoms with van der Waals surface area (Å²) in [6.07, 6.45) is 2.89. The summed E-state index contributed by atoms with van der Waals surface area (Å²) in [7, 11) is -3.53. The molecule has 0 saturated carbocycles. The Balaban J connectivity index is 2.46. The number of sulfonamides is 1. The van der Waals surface area contributed by atoms with Crippen LogP contribution in [0, 0.1) is 6.92 Å². The average molecular weight is 318 g/mol. The Bertz CT molecular complexity index is 580. The van der Waals surface area contributed by atoms with Crippen LogP contribution in [0.15, 0.2) is 17.0 Å². The molecule has 1 saturated heterocycles. The van der Waals surface area contributed by atoms with E-state index in [0.29, 0.717) is 30.5 Å². The first-order valence-corrected chi connectivity index (χ1v) is 8.71. The Morgan fingerprint density at radius 3 is 2.50 bits per heavy atom.